The van der Waals surface area contributed by atoms with Crippen LogP contribution in [0.3, 0.4) is 0 Å². The maximum Gasteiger partial charge on any atom is 0.251 e. The minimum Gasteiger partial charge on any atom is -0.352 e. The molecule has 0 unspecified atom stereocenters. The van der Waals surface area contributed by atoms with Gasteiger partial charge in [-0.3, -0.25) is 9.59 Å². The zero-order valence-electron chi connectivity index (χ0n) is 15.6. The summed E-state index contributed by atoms with van der Waals surface area (Å²) in [6, 6.07) is 5.67. The molecule has 0 spiro atoms. The van der Waals surface area contributed by atoms with Gasteiger partial charge in [-0.15, -0.1) is 0 Å². The topological polar surface area (TPSA) is 86.8 Å². The molecule has 7 nitrogen and oxygen atoms in total. The second-order valence-corrected chi connectivity index (χ2v) is 8.73. The van der Waals surface area contributed by atoms with Crippen LogP contribution in [0.15, 0.2) is 29.2 Å². The summed E-state index contributed by atoms with van der Waals surface area (Å²) in [5.74, 6) is -0.263. The van der Waals surface area contributed by atoms with Gasteiger partial charge in [-0.1, -0.05) is 0 Å². The molecule has 2 rings (SSSR count). The lowest BCUT2D eigenvalue weighted by molar-refractivity contribution is -0.129. The number of nitrogens with zero attached hydrogens (tertiary/aromatic N) is 2. The standard InChI is InChI=1S/C18H27N3O4S/c1-14(2)20(3)26(24,25)16-8-6-15(7-9-16)18(23)19-11-10-17(22)21-12-4-5-13-21/h6-9,14H,4-5,10-13H2,1-3H3,(H,19,23). The van der Waals surface area contributed by atoms with Gasteiger partial charge in [0.2, 0.25) is 15.9 Å². The van der Waals surface area contributed by atoms with Gasteiger partial charge in [0.1, 0.15) is 0 Å². The summed E-state index contributed by atoms with van der Waals surface area (Å²) in [6.45, 7) is 5.46. The smallest absolute Gasteiger partial charge is 0.251 e. The largest absolute Gasteiger partial charge is 0.352 e. The van der Waals surface area contributed by atoms with Gasteiger partial charge in [0.15, 0.2) is 0 Å². The van der Waals surface area contributed by atoms with Gasteiger partial charge in [0.25, 0.3) is 5.91 Å². The molecule has 0 bridgehead atoms. The molecule has 2 amide bonds. The third kappa shape index (κ3) is 4.82. The van der Waals surface area contributed by atoms with Gasteiger partial charge in [-0.05, 0) is 51.0 Å². The van der Waals surface area contributed by atoms with Gasteiger partial charge in [-0.2, -0.15) is 4.31 Å². The number of hydrogen-bond acceptors (Lipinski definition) is 4. The molecule has 1 aromatic carbocycles. The van der Waals surface area contributed by atoms with Crippen LogP contribution in [0.5, 0.6) is 0 Å². The molecule has 0 radical (unpaired) electrons. The molecule has 1 N–H and O–H groups in total. The summed E-state index contributed by atoms with van der Waals surface area (Å²) in [5.41, 5.74) is 0.366. The molecule has 1 fully saturated rings. The maximum absolute atomic E-state index is 12.4. The van der Waals surface area contributed by atoms with Gasteiger partial charge in [0, 0.05) is 44.7 Å². The number of sulfonamides is 1. The minimum atomic E-state index is -3.57. The van der Waals surface area contributed by atoms with Crippen molar-refractivity contribution >= 4 is 21.8 Å². The summed E-state index contributed by atoms with van der Waals surface area (Å²) < 4.78 is 26.1. The summed E-state index contributed by atoms with van der Waals surface area (Å²) in [7, 11) is -2.04. The molecular formula is C18H27N3O4S. The highest BCUT2D eigenvalue weighted by Crippen LogP contribution is 2.17. The van der Waals surface area contributed by atoms with E-state index in [-0.39, 0.29) is 35.7 Å². The molecule has 0 aliphatic carbocycles. The van der Waals surface area contributed by atoms with E-state index in [0.717, 1.165) is 25.9 Å². The molecule has 1 aliphatic rings. The molecule has 8 heteroatoms. The first-order valence-corrected chi connectivity index (χ1v) is 10.3. The van der Waals surface area contributed by atoms with Gasteiger partial charge >= 0.3 is 0 Å². The van der Waals surface area contributed by atoms with Crippen LogP contribution in [-0.2, 0) is 14.8 Å². The van der Waals surface area contributed by atoms with E-state index in [1.165, 1.54) is 35.6 Å². The third-order valence-electron chi connectivity index (χ3n) is 4.60. The third-order valence-corrected chi connectivity index (χ3v) is 6.65. The lowest BCUT2D eigenvalue weighted by atomic mass is 10.2. The quantitative estimate of drug-likeness (QED) is 0.775. The van der Waals surface area contributed by atoms with Crippen LogP contribution in [0.1, 0.15) is 43.5 Å². The Morgan fingerprint density at radius 1 is 1.15 bits per heavy atom. The second-order valence-electron chi connectivity index (χ2n) is 6.73. The number of rotatable bonds is 7. The SMILES string of the molecule is CC(C)N(C)S(=O)(=O)c1ccc(C(=O)NCCC(=O)N2CCCC2)cc1. The van der Waals surface area contributed by atoms with Crippen molar-refractivity contribution in [2.45, 2.75) is 44.0 Å². The Morgan fingerprint density at radius 3 is 2.27 bits per heavy atom. The first-order chi connectivity index (χ1) is 12.2. The van der Waals surface area contributed by atoms with Crippen molar-refractivity contribution in [3.8, 4) is 0 Å². The molecule has 1 aromatic rings. The zero-order chi connectivity index (χ0) is 19.3. The van der Waals surface area contributed by atoms with Gasteiger partial charge in [0.05, 0.1) is 4.90 Å². The average molecular weight is 381 g/mol. The van der Waals surface area contributed by atoms with E-state index >= 15 is 0 Å². The van der Waals surface area contributed by atoms with E-state index in [9.17, 15) is 18.0 Å². The Bertz CT molecular complexity index is 738. The number of benzene rings is 1. The van der Waals surface area contributed by atoms with Crippen molar-refractivity contribution in [2.24, 2.45) is 0 Å². The Kier molecular flexibility index (Phi) is 6.77. The van der Waals surface area contributed by atoms with Crippen molar-refractivity contribution in [1.29, 1.82) is 0 Å². The fraction of sp³-hybridized carbons (Fsp3) is 0.556. The van der Waals surface area contributed by atoms with E-state index < -0.39 is 10.0 Å². The van der Waals surface area contributed by atoms with Crippen LogP contribution in [0.4, 0.5) is 0 Å². The number of likely N-dealkylation sites (tertiary alicyclic amines) is 1. The Balaban J connectivity index is 1.91. The molecule has 0 aromatic heterocycles. The minimum absolute atomic E-state index is 0.0564. The molecule has 1 aliphatic heterocycles. The van der Waals surface area contributed by atoms with Crippen LogP contribution in [0.2, 0.25) is 0 Å². The highest BCUT2D eigenvalue weighted by Gasteiger charge is 2.23. The summed E-state index contributed by atoms with van der Waals surface area (Å²) in [5, 5.41) is 2.71. The molecular weight excluding hydrogens is 354 g/mol. The van der Waals surface area contributed by atoms with Crippen LogP contribution in [0, 0.1) is 0 Å². The van der Waals surface area contributed by atoms with Gasteiger partial charge < -0.3 is 10.2 Å². The zero-order valence-corrected chi connectivity index (χ0v) is 16.4. The first kappa shape index (κ1) is 20.4. The Morgan fingerprint density at radius 2 is 1.73 bits per heavy atom. The number of carbonyl (C=O) groups is 2. The normalized spacial score (nSPS) is 14.9. The number of nitrogens with one attached hydrogen (secondary N) is 1. The summed E-state index contributed by atoms with van der Waals surface area (Å²) >= 11 is 0. The van der Waals surface area contributed by atoms with E-state index in [2.05, 4.69) is 5.32 Å². The number of carbonyl (C=O) groups excluding carboxylic acids is 2. The predicted octanol–water partition coefficient (Wildman–Crippen LogP) is 1.46. The van der Waals surface area contributed by atoms with Crippen molar-refractivity contribution in [3.05, 3.63) is 29.8 Å². The van der Waals surface area contributed by atoms with Crippen LogP contribution in [-0.4, -0.2) is 62.2 Å². The highest BCUT2D eigenvalue weighted by molar-refractivity contribution is 7.89. The monoisotopic (exact) mass is 381 g/mol. The molecule has 144 valence electrons. The fourth-order valence-electron chi connectivity index (χ4n) is 2.73. The molecule has 26 heavy (non-hydrogen) atoms. The first-order valence-electron chi connectivity index (χ1n) is 8.87. The Hall–Kier alpha value is -1.93. The number of hydrogen-bond donors (Lipinski definition) is 1. The van der Waals surface area contributed by atoms with Crippen LogP contribution in [0.25, 0.3) is 0 Å². The van der Waals surface area contributed by atoms with E-state index in [4.69, 9.17) is 0 Å². The van der Waals surface area contributed by atoms with Crippen molar-refractivity contribution in [1.82, 2.24) is 14.5 Å². The number of amides is 2. The average Bonchev–Trinajstić information content (AvgIpc) is 3.15. The maximum atomic E-state index is 12.4. The Labute approximate surface area is 155 Å². The van der Waals surface area contributed by atoms with E-state index in [1.54, 1.807) is 13.8 Å². The summed E-state index contributed by atoms with van der Waals surface area (Å²) in [4.78, 5) is 26.1. The second kappa shape index (κ2) is 8.64. The van der Waals surface area contributed by atoms with Crippen molar-refractivity contribution < 1.29 is 18.0 Å². The molecule has 1 heterocycles. The molecule has 1 saturated heterocycles. The van der Waals surface area contributed by atoms with E-state index in [0.29, 0.717) is 5.56 Å². The van der Waals surface area contributed by atoms with Crippen LogP contribution >= 0.6 is 0 Å². The van der Waals surface area contributed by atoms with Crippen molar-refractivity contribution in [2.75, 3.05) is 26.7 Å². The summed E-state index contributed by atoms with van der Waals surface area (Å²) in [6.07, 6.45) is 2.36. The van der Waals surface area contributed by atoms with E-state index in [1.807, 2.05) is 4.90 Å². The molecule has 0 saturated carbocycles. The van der Waals surface area contributed by atoms with Crippen molar-refractivity contribution in [3.63, 3.8) is 0 Å². The molecule has 0 atom stereocenters. The highest BCUT2D eigenvalue weighted by atomic mass is 32.2. The predicted molar refractivity (Wildman–Crippen MR) is 99.3 cm³/mol. The lowest BCUT2D eigenvalue weighted by Crippen LogP contribution is -2.33. The van der Waals surface area contributed by atoms with Crippen LogP contribution < -0.4 is 5.32 Å². The van der Waals surface area contributed by atoms with Gasteiger partial charge in [-0.25, -0.2) is 8.42 Å². The fourth-order valence-corrected chi connectivity index (χ4v) is 4.10. The lowest BCUT2D eigenvalue weighted by Gasteiger charge is -2.21.